The van der Waals surface area contributed by atoms with Gasteiger partial charge >= 0.3 is 5.97 Å². The first-order valence-electron chi connectivity index (χ1n) is 6.27. The third-order valence-electron chi connectivity index (χ3n) is 3.04. The third kappa shape index (κ3) is 2.38. The second-order valence-corrected chi connectivity index (χ2v) is 4.44. The number of hydrogen-bond acceptors (Lipinski definition) is 4. The van der Waals surface area contributed by atoms with Gasteiger partial charge in [-0.2, -0.15) is 0 Å². The van der Waals surface area contributed by atoms with Crippen molar-refractivity contribution >= 4 is 11.5 Å². The Kier molecular flexibility index (Phi) is 3.16. The van der Waals surface area contributed by atoms with Crippen molar-refractivity contribution in [3.05, 3.63) is 66.5 Å². The Hall–Kier alpha value is -2.69. The fourth-order valence-corrected chi connectivity index (χ4v) is 1.95. The highest BCUT2D eigenvalue weighted by molar-refractivity contribution is 5.90. The lowest BCUT2D eigenvalue weighted by molar-refractivity contribution is 0.0329. The third-order valence-corrected chi connectivity index (χ3v) is 3.04. The van der Waals surface area contributed by atoms with Gasteiger partial charge in [-0.15, -0.1) is 0 Å². The minimum absolute atomic E-state index is 0.369. The molecule has 5 heteroatoms. The molecule has 100 valence electrons. The molecule has 3 aromatic heterocycles. The van der Waals surface area contributed by atoms with Crippen LogP contribution in [0.4, 0.5) is 0 Å². The number of aromatic nitrogens is 3. The molecule has 0 saturated heterocycles. The normalized spacial score (nSPS) is 12.2. The van der Waals surface area contributed by atoms with Crippen LogP contribution in [0.2, 0.25) is 0 Å². The number of imidazole rings is 1. The van der Waals surface area contributed by atoms with Crippen LogP contribution in [0.3, 0.4) is 0 Å². The van der Waals surface area contributed by atoms with E-state index in [4.69, 9.17) is 4.74 Å². The number of esters is 1. The maximum atomic E-state index is 12.1. The number of carbonyl (C=O) groups excluding carboxylic acids is 1. The van der Waals surface area contributed by atoms with Crippen molar-refractivity contribution in [1.82, 2.24) is 14.4 Å². The van der Waals surface area contributed by atoms with E-state index in [0.717, 1.165) is 11.2 Å². The van der Waals surface area contributed by atoms with Crippen LogP contribution in [0.5, 0.6) is 0 Å². The minimum Gasteiger partial charge on any atom is -0.453 e. The van der Waals surface area contributed by atoms with Crippen molar-refractivity contribution in [2.75, 3.05) is 0 Å². The Labute approximate surface area is 115 Å². The number of carbonyl (C=O) groups is 1. The lowest BCUT2D eigenvalue weighted by Crippen LogP contribution is -2.10. The van der Waals surface area contributed by atoms with Crippen LogP contribution in [0.25, 0.3) is 5.52 Å². The molecule has 3 heterocycles. The summed E-state index contributed by atoms with van der Waals surface area (Å²) in [5.41, 5.74) is 2.08. The summed E-state index contributed by atoms with van der Waals surface area (Å²) in [4.78, 5) is 20.3. The molecule has 0 amide bonds. The topological polar surface area (TPSA) is 56.5 Å². The summed E-state index contributed by atoms with van der Waals surface area (Å²) in [6.45, 7) is 1.80. The van der Waals surface area contributed by atoms with Gasteiger partial charge in [0.15, 0.2) is 0 Å². The van der Waals surface area contributed by atoms with Gasteiger partial charge in [-0.25, -0.2) is 9.78 Å². The number of pyridine rings is 2. The summed E-state index contributed by atoms with van der Waals surface area (Å²) in [5, 5.41) is 0. The number of fused-ring (bicyclic) bond motifs is 1. The number of hydrogen-bond donors (Lipinski definition) is 0. The zero-order valence-electron chi connectivity index (χ0n) is 10.9. The molecule has 0 fully saturated rings. The Bertz CT molecular complexity index is 737. The predicted molar refractivity (Wildman–Crippen MR) is 73.3 cm³/mol. The molecule has 0 aromatic carbocycles. The largest absolute Gasteiger partial charge is 0.453 e. The van der Waals surface area contributed by atoms with Crippen LogP contribution in [-0.4, -0.2) is 20.3 Å². The van der Waals surface area contributed by atoms with E-state index in [1.807, 2.05) is 22.6 Å². The van der Waals surface area contributed by atoms with Gasteiger partial charge < -0.3 is 9.14 Å². The average Bonchev–Trinajstić information content (AvgIpc) is 2.95. The van der Waals surface area contributed by atoms with E-state index in [9.17, 15) is 4.79 Å². The molecule has 5 nitrogen and oxygen atoms in total. The Morgan fingerprint density at radius 2 is 2.25 bits per heavy atom. The van der Waals surface area contributed by atoms with Crippen LogP contribution < -0.4 is 0 Å². The first kappa shape index (κ1) is 12.3. The molecule has 20 heavy (non-hydrogen) atoms. The first-order chi connectivity index (χ1) is 9.74. The SMILES string of the molecule is C[C@H](OC(=O)c1ccn2cncc2c1)c1ccccn1. The molecule has 3 aromatic rings. The maximum Gasteiger partial charge on any atom is 0.338 e. The van der Waals surface area contributed by atoms with Crippen LogP contribution in [0, 0.1) is 0 Å². The number of nitrogens with zero attached hydrogens (tertiary/aromatic N) is 3. The van der Waals surface area contributed by atoms with E-state index < -0.39 is 0 Å². The van der Waals surface area contributed by atoms with Gasteiger partial charge in [-0.3, -0.25) is 4.98 Å². The second-order valence-electron chi connectivity index (χ2n) is 4.44. The summed E-state index contributed by atoms with van der Waals surface area (Å²) >= 11 is 0. The Morgan fingerprint density at radius 1 is 1.35 bits per heavy atom. The fourth-order valence-electron chi connectivity index (χ4n) is 1.95. The van der Waals surface area contributed by atoms with Gasteiger partial charge in [0.1, 0.15) is 6.10 Å². The highest BCUT2D eigenvalue weighted by Crippen LogP contribution is 2.16. The van der Waals surface area contributed by atoms with E-state index >= 15 is 0 Å². The van der Waals surface area contributed by atoms with Crippen LogP contribution >= 0.6 is 0 Å². The van der Waals surface area contributed by atoms with Gasteiger partial charge in [0.2, 0.25) is 0 Å². The van der Waals surface area contributed by atoms with E-state index in [1.54, 1.807) is 44.0 Å². The van der Waals surface area contributed by atoms with E-state index in [2.05, 4.69) is 9.97 Å². The lowest BCUT2D eigenvalue weighted by atomic mass is 10.2. The summed E-state index contributed by atoms with van der Waals surface area (Å²) in [6, 6.07) is 8.98. The van der Waals surface area contributed by atoms with Crippen LogP contribution in [-0.2, 0) is 4.74 Å². The van der Waals surface area contributed by atoms with E-state index in [1.165, 1.54) is 0 Å². The first-order valence-corrected chi connectivity index (χ1v) is 6.27. The van der Waals surface area contributed by atoms with Crippen molar-refractivity contribution < 1.29 is 9.53 Å². The van der Waals surface area contributed by atoms with Crippen LogP contribution in [0.1, 0.15) is 29.1 Å². The van der Waals surface area contributed by atoms with Crippen molar-refractivity contribution in [3.63, 3.8) is 0 Å². The molecule has 0 aliphatic carbocycles. The van der Waals surface area contributed by atoms with E-state index in [-0.39, 0.29) is 12.1 Å². The molecule has 1 atom stereocenters. The average molecular weight is 267 g/mol. The standard InChI is InChI=1S/C15H13N3O2/c1-11(14-4-2-3-6-17-14)20-15(19)12-5-7-18-10-16-9-13(18)8-12/h2-11H,1H3/t11-/m0/s1. The predicted octanol–water partition coefficient (Wildman–Crippen LogP) is 2.65. The minimum atomic E-state index is -0.384. The highest BCUT2D eigenvalue weighted by atomic mass is 16.5. The maximum absolute atomic E-state index is 12.1. The molecule has 0 spiro atoms. The second kappa shape index (κ2) is 5.13. The molecular formula is C15H13N3O2. The van der Waals surface area contributed by atoms with Gasteiger partial charge in [-0.05, 0) is 31.2 Å². The molecule has 0 aliphatic rings. The number of ether oxygens (including phenoxy) is 1. The molecule has 0 aliphatic heterocycles. The summed E-state index contributed by atoms with van der Waals surface area (Å²) in [7, 11) is 0. The lowest BCUT2D eigenvalue weighted by Gasteiger charge is -2.12. The smallest absolute Gasteiger partial charge is 0.338 e. The van der Waals surface area contributed by atoms with Gasteiger partial charge in [0.05, 0.1) is 29.3 Å². The monoisotopic (exact) mass is 267 g/mol. The fraction of sp³-hybridized carbons (Fsp3) is 0.133. The quantitative estimate of drug-likeness (QED) is 0.684. The molecular weight excluding hydrogens is 254 g/mol. The molecule has 0 radical (unpaired) electrons. The molecule has 3 rings (SSSR count). The highest BCUT2D eigenvalue weighted by Gasteiger charge is 2.14. The molecule has 0 saturated carbocycles. The van der Waals surface area contributed by atoms with Crippen molar-refractivity contribution in [2.24, 2.45) is 0 Å². The summed E-state index contributed by atoms with van der Waals surface area (Å²) in [6.07, 6.45) is 6.45. The Balaban J connectivity index is 1.78. The van der Waals surface area contributed by atoms with Crippen molar-refractivity contribution in [3.8, 4) is 0 Å². The van der Waals surface area contributed by atoms with Crippen molar-refractivity contribution in [1.29, 1.82) is 0 Å². The molecule has 0 N–H and O–H groups in total. The van der Waals surface area contributed by atoms with Gasteiger partial charge in [0, 0.05) is 12.4 Å². The molecule has 0 bridgehead atoms. The van der Waals surface area contributed by atoms with Crippen molar-refractivity contribution in [2.45, 2.75) is 13.0 Å². The van der Waals surface area contributed by atoms with Crippen LogP contribution in [0.15, 0.2) is 55.2 Å². The zero-order chi connectivity index (χ0) is 13.9. The molecule has 0 unspecified atom stereocenters. The Morgan fingerprint density at radius 3 is 3.05 bits per heavy atom. The van der Waals surface area contributed by atoms with E-state index in [0.29, 0.717) is 5.56 Å². The van der Waals surface area contributed by atoms with Gasteiger partial charge in [-0.1, -0.05) is 6.07 Å². The van der Waals surface area contributed by atoms with Gasteiger partial charge in [0.25, 0.3) is 0 Å². The summed E-state index contributed by atoms with van der Waals surface area (Å²) in [5.74, 6) is -0.369. The summed E-state index contributed by atoms with van der Waals surface area (Å²) < 4.78 is 7.25. The number of rotatable bonds is 3. The zero-order valence-corrected chi connectivity index (χ0v) is 10.9.